The van der Waals surface area contributed by atoms with Crippen LogP contribution in [0.1, 0.15) is 21.5 Å². The summed E-state index contributed by atoms with van der Waals surface area (Å²) in [7, 11) is 0. The van der Waals surface area contributed by atoms with Crippen molar-refractivity contribution in [3.05, 3.63) is 88.2 Å². The number of benzene rings is 1. The quantitative estimate of drug-likeness (QED) is 0.571. The van der Waals surface area contributed by atoms with E-state index < -0.39 is 0 Å². The standard InChI is InChI=1S/C22H21N5O2/c1-15-5-6-18(16(2)12-15)19-13-20-22(29)26(10-11-27(20)25-19)9-8-24-21(28)17-4-3-7-23-14-17/h3-7,10-14H,8-9H2,1-2H3,(H,24,28). The fraction of sp³-hybridized carbons (Fsp3) is 0.182. The van der Waals surface area contributed by atoms with Crippen LogP contribution in [0.15, 0.2) is 66.0 Å². The van der Waals surface area contributed by atoms with Crippen LogP contribution in [0.4, 0.5) is 0 Å². The van der Waals surface area contributed by atoms with E-state index in [1.54, 1.807) is 39.8 Å². The van der Waals surface area contributed by atoms with Crippen LogP contribution < -0.4 is 10.9 Å². The Morgan fingerprint density at radius 2 is 2.00 bits per heavy atom. The third-order valence-electron chi connectivity index (χ3n) is 4.82. The molecule has 1 aromatic carbocycles. The Bertz CT molecular complexity index is 1240. The summed E-state index contributed by atoms with van der Waals surface area (Å²) >= 11 is 0. The van der Waals surface area contributed by atoms with Crippen molar-refractivity contribution in [1.82, 2.24) is 24.5 Å². The van der Waals surface area contributed by atoms with Gasteiger partial charge in [0, 0.05) is 43.4 Å². The molecule has 3 aromatic heterocycles. The summed E-state index contributed by atoms with van der Waals surface area (Å²) in [5, 5.41) is 7.36. The number of rotatable bonds is 5. The van der Waals surface area contributed by atoms with Crippen molar-refractivity contribution < 1.29 is 4.79 Å². The van der Waals surface area contributed by atoms with E-state index in [1.807, 2.05) is 32.0 Å². The molecule has 0 aliphatic carbocycles. The zero-order valence-electron chi connectivity index (χ0n) is 16.3. The third-order valence-corrected chi connectivity index (χ3v) is 4.82. The number of pyridine rings is 1. The Hall–Kier alpha value is -3.74. The molecular weight excluding hydrogens is 366 g/mol. The second-order valence-corrected chi connectivity index (χ2v) is 6.97. The maximum atomic E-state index is 12.8. The van der Waals surface area contributed by atoms with Gasteiger partial charge in [0.15, 0.2) is 0 Å². The lowest BCUT2D eigenvalue weighted by Crippen LogP contribution is -2.31. The molecule has 146 valence electrons. The number of aromatic nitrogens is 4. The molecule has 29 heavy (non-hydrogen) atoms. The van der Waals surface area contributed by atoms with Crippen molar-refractivity contribution in [2.75, 3.05) is 6.54 Å². The van der Waals surface area contributed by atoms with Crippen molar-refractivity contribution in [2.24, 2.45) is 0 Å². The minimum absolute atomic E-state index is 0.147. The molecule has 0 unspecified atom stereocenters. The van der Waals surface area contributed by atoms with Gasteiger partial charge >= 0.3 is 0 Å². The Kier molecular flexibility index (Phi) is 4.95. The second kappa shape index (κ2) is 7.71. The Labute approximate surface area is 167 Å². The number of nitrogens with one attached hydrogen (secondary N) is 1. The van der Waals surface area contributed by atoms with Gasteiger partial charge in [0.1, 0.15) is 5.52 Å². The molecule has 1 N–H and O–H groups in total. The summed E-state index contributed by atoms with van der Waals surface area (Å²) in [6.07, 6.45) is 6.56. The Morgan fingerprint density at radius 3 is 2.76 bits per heavy atom. The third kappa shape index (κ3) is 3.80. The predicted molar refractivity (Wildman–Crippen MR) is 111 cm³/mol. The van der Waals surface area contributed by atoms with Crippen LogP contribution in [-0.4, -0.2) is 31.6 Å². The van der Waals surface area contributed by atoms with E-state index in [0.29, 0.717) is 24.2 Å². The summed E-state index contributed by atoms with van der Waals surface area (Å²) in [5.74, 6) is -0.214. The van der Waals surface area contributed by atoms with E-state index in [4.69, 9.17) is 0 Å². The maximum Gasteiger partial charge on any atom is 0.276 e. The lowest BCUT2D eigenvalue weighted by molar-refractivity contribution is 0.0952. The topological polar surface area (TPSA) is 81.3 Å². The van der Waals surface area contributed by atoms with Crippen molar-refractivity contribution in [2.45, 2.75) is 20.4 Å². The maximum absolute atomic E-state index is 12.8. The molecule has 3 heterocycles. The normalized spacial score (nSPS) is 11.0. The molecule has 4 aromatic rings. The number of hydrogen-bond donors (Lipinski definition) is 1. The van der Waals surface area contributed by atoms with Gasteiger partial charge in [-0.05, 0) is 37.6 Å². The number of carbonyl (C=O) groups is 1. The minimum Gasteiger partial charge on any atom is -0.350 e. The number of aryl methyl sites for hydroxylation is 2. The first-order valence-corrected chi connectivity index (χ1v) is 9.37. The fourth-order valence-electron chi connectivity index (χ4n) is 3.32. The van der Waals surface area contributed by atoms with Crippen LogP contribution in [0.3, 0.4) is 0 Å². The molecule has 0 spiro atoms. The molecule has 0 fully saturated rings. The molecule has 1 amide bonds. The van der Waals surface area contributed by atoms with E-state index in [0.717, 1.165) is 16.8 Å². The molecule has 0 saturated carbocycles. The molecule has 7 heteroatoms. The van der Waals surface area contributed by atoms with E-state index in [-0.39, 0.29) is 11.5 Å². The van der Waals surface area contributed by atoms with Crippen molar-refractivity contribution >= 4 is 11.4 Å². The molecule has 0 bridgehead atoms. The van der Waals surface area contributed by atoms with Crippen molar-refractivity contribution in [3.63, 3.8) is 0 Å². The Balaban J connectivity index is 1.53. The van der Waals surface area contributed by atoms with Gasteiger partial charge in [0.25, 0.3) is 11.5 Å². The Morgan fingerprint density at radius 1 is 1.14 bits per heavy atom. The largest absolute Gasteiger partial charge is 0.350 e. The monoisotopic (exact) mass is 387 g/mol. The number of hydrogen-bond acceptors (Lipinski definition) is 4. The summed E-state index contributed by atoms with van der Waals surface area (Å²) in [6, 6.07) is 11.4. The number of amides is 1. The first kappa shape index (κ1) is 18.6. The summed E-state index contributed by atoms with van der Waals surface area (Å²) < 4.78 is 3.17. The highest BCUT2D eigenvalue weighted by Crippen LogP contribution is 2.23. The van der Waals surface area contributed by atoms with Crippen LogP contribution in [0.25, 0.3) is 16.8 Å². The first-order valence-electron chi connectivity index (χ1n) is 9.37. The van der Waals surface area contributed by atoms with Crippen molar-refractivity contribution in [1.29, 1.82) is 0 Å². The minimum atomic E-state index is -0.214. The predicted octanol–water partition coefficient (Wildman–Crippen LogP) is 2.60. The highest BCUT2D eigenvalue weighted by molar-refractivity contribution is 5.93. The average molecular weight is 387 g/mol. The van der Waals surface area contributed by atoms with Crippen LogP contribution in [-0.2, 0) is 6.54 Å². The second-order valence-electron chi connectivity index (χ2n) is 6.97. The first-order chi connectivity index (χ1) is 14.0. The van der Waals surface area contributed by atoms with Gasteiger partial charge in [-0.2, -0.15) is 5.10 Å². The number of nitrogens with zero attached hydrogens (tertiary/aromatic N) is 4. The average Bonchev–Trinajstić information content (AvgIpc) is 3.15. The molecular formula is C22H21N5O2. The molecule has 4 rings (SSSR count). The fourth-order valence-corrected chi connectivity index (χ4v) is 3.32. The van der Waals surface area contributed by atoms with Gasteiger partial charge in [-0.25, -0.2) is 4.52 Å². The zero-order valence-corrected chi connectivity index (χ0v) is 16.3. The number of carbonyl (C=O) groups excluding carboxylic acids is 1. The van der Waals surface area contributed by atoms with Gasteiger partial charge in [0.2, 0.25) is 0 Å². The van der Waals surface area contributed by atoms with Crippen molar-refractivity contribution in [3.8, 4) is 11.3 Å². The lowest BCUT2D eigenvalue weighted by Gasteiger charge is -2.07. The van der Waals surface area contributed by atoms with Crippen LogP contribution in [0.5, 0.6) is 0 Å². The highest BCUT2D eigenvalue weighted by atomic mass is 16.1. The van der Waals surface area contributed by atoms with Gasteiger partial charge in [-0.1, -0.05) is 23.8 Å². The van der Waals surface area contributed by atoms with E-state index in [1.165, 1.54) is 11.8 Å². The van der Waals surface area contributed by atoms with E-state index in [2.05, 4.69) is 21.5 Å². The van der Waals surface area contributed by atoms with Crippen LogP contribution in [0, 0.1) is 13.8 Å². The molecule has 0 radical (unpaired) electrons. The van der Waals surface area contributed by atoms with Gasteiger partial charge in [-0.3, -0.25) is 14.6 Å². The summed E-state index contributed by atoms with van der Waals surface area (Å²) in [6.45, 7) is 4.79. The highest BCUT2D eigenvalue weighted by Gasteiger charge is 2.11. The van der Waals surface area contributed by atoms with E-state index >= 15 is 0 Å². The summed E-state index contributed by atoms with van der Waals surface area (Å²) in [4.78, 5) is 28.9. The smallest absolute Gasteiger partial charge is 0.276 e. The van der Waals surface area contributed by atoms with Gasteiger partial charge in [0.05, 0.1) is 11.3 Å². The molecule has 7 nitrogen and oxygen atoms in total. The van der Waals surface area contributed by atoms with Gasteiger partial charge in [-0.15, -0.1) is 0 Å². The number of fused-ring (bicyclic) bond motifs is 1. The van der Waals surface area contributed by atoms with Crippen LogP contribution >= 0.6 is 0 Å². The lowest BCUT2D eigenvalue weighted by atomic mass is 10.0. The summed E-state index contributed by atoms with van der Waals surface area (Å²) in [5.41, 5.74) is 4.92. The molecule has 0 saturated heterocycles. The molecule has 0 aliphatic rings. The van der Waals surface area contributed by atoms with Gasteiger partial charge < -0.3 is 9.88 Å². The zero-order chi connectivity index (χ0) is 20.4. The molecule has 0 atom stereocenters. The molecule has 0 aliphatic heterocycles. The van der Waals surface area contributed by atoms with E-state index in [9.17, 15) is 9.59 Å². The van der Waals surface area contributed by atoms with Crippen LogP contribution in [0.2, 0.25) is 0 Å². The SMILES string of the molecule is Cc1ccc(-c2cc3c(=O)n(CCNC(=O)c4cccnc4)ccn3n2)c(C)c1.